The summed E-state index contributed by atoms with van der Waals surface area (Å²) in [6, 6.07) is 18.8. The molecule has 19 heavy (non-hydrogen) atoms. The number of hydrogen-bond donors (Lipinski definition) is 1. The first-order valence-electron chi connectivity index (χ1n) is 6.19. The smallest absolute Gasteiger partial charge is 0.123 e. The van der Waals surface area contributed by atoms with Gasteiger partial charge >= 0.3 is 0 Å². The molecule has 1 heterocycles. The molecule has 2 aromatic carbocycles. The number of nitrogens with zero attached hydrogens (tertiary/aromatic N) is 1. The van der Waals surface area contributed by atoms with Crippen molar-refractivity contribution in [3.8, 4) is 10.6 Å². The first-order valence-corrected chi connectivity index (χ1v) is 7.07. The van der Waals surface area contributed by atoms with Crippen molar-refractivity contribution in [2.45, 2.75) is 6.54 Å². The lowest BCUT2D eigenvalue weighted by Crippen LogP contribution is -1.98. The van der Waals surface area contributed by atoms with E-state index >= 15 is 0 Å². The maximum atomic E-state index is 4.31. The van der Waals surface area contributed by atoms with Gasteiger partial charge in [-0.15, -0.1) is 11.3 Å². The predicted molar refractivity (Wildman–Crippen MR) is 81.3 cm³/mol. The van der Waals surface area contributed by atoms with E-state index in [0.29, 0.717) is 0 Å². The molecule has 2 nitrogen and oxygen atoms in total. The number of aromatic nitrogens is 1. The highest BCUT2D eigenvalue weighted by Gasteiger charge is 2.00. The van der Waals surface area contributed by atoms with Gasteiger partial charge in [-0.05, 0) is 29.8 Å². The van der Waals surface area contributed by atoms with E-state index in [2.05, 4.69) is 58.8 Å². The Hall–Kier alpha value is -2.13. The summed E-state index contributed by atoms with van der Waals surface area (Å²) in [5.41, 5.74) is 3.58. The Morgan fingerprint density at radius 3 is 2.42 bits per heavy atom. The number of hydrogen-bond acceptors (Lipinski definition) is 3. The Morgan fingerprint density at radius 2 is 1.74 bits per heavy atom. The molecule has 0 spiro atoms. The maximum absolute atomic E-state index is 4.31. The summed E-state index contributed by atoms with van der Waals surface area (Å²) >= 11 is 1.66. The van der Waals surface area contributed by atoms with Gasteiger partial charge in [-0.25, -0.2) is 4.98 Å². The van der Waals surface area contributed by atoms with Crippen LogP contribution in [0.1, 0.15) is 5.56 Å². The number of nitrogens with one attached hydrogen (secondary N) is 1. The van der Waals surface area contributed by atoms with E-state index < -0.39 is 0 Å². The van der Waals surface area contributed by atoms with Gasteiger partial charge in [0.1, 0.15) is 5.01 Å². The van der Waals surface area contributed by atoms with E-state index in [0.717, 1.165) is 17.2 Å². The molecule has 1 aromatic heterocycles. The second-order valence-electron chi connectivity index (χ2n) is 4.25. The highest BCUT2D eigenvalue weighted by atomic mass is 32.1. The molecular formula is C16H14N2S. The summed E-state index contributed by atoms with van der Waals surface area (Å²) in [5, 5.41) is 6.48. The van der Waals surface area contributed by atoms with Crippen LogP contribution in [-0.2, 0) is 6.54 Å². The van der Waals surface area contributed by atoms with Gasteiger partial charge in [0.25, 0.3) is 0 Å². The van der Waals surface area contributed by atoms with E-state index in [9.17, 15) is 0 Å². The third kappa shape index (κ3) is 3.01. The number of thiazole rings is 1. The van der Waals surface area contributed by atoms with Crippen molar-refractivity contribution < 1.29 is 0 Å². The third-order valence-corrected chi connectivity index (χ3v) is 3.73. The van der Waals surface area contributed by atoms with E-state index in [1.807, 2.05) is 17.6 Å². The standard InChI is InChI=1S/C16H14N2S/c1-2-4-13(5-3-1)12-18-15-8-6-14(7-9-15)16-17-10-11-19-16/h1-11,18H,12H2. The van der Waals surface area contributed by atoms with Crippen LogP contribution in [0.15, 0.2) is 66.2 Å². The molecule has 3 aromatic rings. The van der Waals surface area contributed by atoms with Crippen LogP contribution in [-0.4, -0.2) is 4.98 Å². The summed E-state index contributed by atoms with van der Waals surface area (Å²) in [6.07, 6.45) is 1.83. The van der Waals surface area contributed by atoms with Crippen molar-refractivity contribution in [1.29, 1.82) is 0 Å². The Balaban J connectivity index is 1.67. The molecule has 0 fully saturated rings. The Morgan fingerprint density at radius 1 is 0.947 bits per heavy atom. The molecule has 3 rings (SSSR count). The van der Waals surface area contributed by atoms with Crippen LogP contribution in [0.25, 0.3) is 10.6 Å². The van der Waals surface area contributed by atoms with E-state index in [1.165, 1.54) is 11.1 Å². The van der Waals surface area contributed by atoms with Crippen LogP contribution < -0.4 is 5.32 Å². The lowest BCUT2D eigenvalue weighted by Gasteiger charge is -2.07. The Labute approximate surface area is 116 Å². The lowest BCUT2D eigenvalue weighted by atomic mass is 10.2. The van der Waals surface area contributed by atoms with Gasteiger partial charge in [-0.1, -0.05) is 30.3 Å². The van der Waals surface area contributed by atoms with Gasteiger partial charge in [0.05, 0.1) is 0 Å². The lowest BCUT2D eigenvalue weighted by molar-refractivity contribution is 1.15. The number of rotatable bonds is 4. The van der Waals surface area contributed by atoms with E-state index in [1.54, 1.807) is 11.3 Å². The van der Waals surface area contributed by atoms with Crippen LogP contribution >= 0.6 is 11.3 Å². The minimum absolute atomic E-state index is 0.845. The summed E-state index contributed by atoms with van der Waals surface area (Å²) in [5.74, 6) is 0. The summed E-state index contributed by atoms with van der Waals surface area (Å²) in [7, 11) is 0. The Bertz CT molecular complexity index is 616. The molecule has 94 valence electrons. The van der Waals surface area contributed by atoms with Crippen molar-refractivity contribution in [3.05, 3.63) is 71.7 Å². The summed E-state index contributed by atoms with van der Waals surface area (Å²) < 4.78 is 0. The zero-order chi connectivity index (χ0) is 12.9. The summed E-state index contributed by atoms with van der Waals surface area (Å²) in [4.78, 5) is 4.31. The predicted octanol–water partition coefficient (Wildman–Crippen LogP) is 4.42. The van der Waals surface area contributed by atoms with Gasteiger partial charge < -0.3 is 5.32 Å². The molecular weight excluding hydrogens is 252 g/mol. The molecule has 0 radical (unpaired) electrons. The molecule has 0 aliphatic rings. The quantitative estimate of drug-likeness (QED) is 0.756. The molecule has 0 aliphatic carbocycles. The van der Waals surface area contributed by atoms with Gasteiger partial charge in [0.2, 0.25) is 0 Å². The fraction of sp³-hybridized carbons (Fsp3) is 0.0625. The van der Waals surface area contributed by atoms with Crippen molar-refractivity contribution in [2.75, 3.05) is 5.32 Å². The maximum Gasteiger partial charge on any atom is 0.123 e. The van der Waals surface area contributed by atoms with Crippen LogP contribution in [0.2, 0.25) is 0 Å². The minimum atomic E-state index is 0.845. The van der Waals surface area contributed by atoms with Gasteiger partial charge in [-0.2, -0.15) is 0 Å². The molecule has 0 saturated carbocycles. The fourth-order valence-electron chi connectivity index (χ4n) is 1.90. The monoisotopic (exact) mass is 266 g/mol. The van der Waals surface area contributed by atoms with Gasteiger partial charge in [-0.3, -0.25) is 0 Å². The SMILES string of the molecule is c1ccc(CNc2ccc(-c3nccs3)cc2)cc1. The molecule has 0 atom stereocenters. The average Bonchev–Trinajstić information content (AvgIpc) is 3.01. The molecule has 3 heteroatoms. The minimum Gasteiger partial charge on any atom is -0.381 e. The molecule has 0 bridgehead atoms. The second kappa shape index (κ2) is 5.67. The highest BCUT2D eigenvalue weighted by molar-refractivity contribution is 7.13. The molecule has 0 aliphatic heterocycles. The van der Waals surface area contributed by atoms with Crippen LogP contribution in [0.5, 0.6) is 0 Å². The largest absolute Gasteiger partial charge is 0.381 e. The molecule has 0 unspecified atom stereocenters. The van der Waals surface area contributed by atoms with Crippen LogP contribution in [0.3, 0.4) is 0 Å². The fourth-order valence-corrected chi connectivity index (χ4v) is 2.54. The molecule has 1 N–H and O–H groups in total. The zero-order valence-electron chi connectivity index (χ0n) is 10.4. The van der Waals surface area contributed by atoms with Crippen molar-refractivity contribution in [3.63, 3.8) is 0 Å². The highest BCUT2D eigenvalue weighted by Crippen LogP contribution is 2.23. The van der Waals surface area contributed by atoms with Crippen molar-refractivity contribution >= 4 is 17.0 Å². The van der Waals surface area contributed by atoms with Crippen LogP contribution in [0.4, 0.5) is 5.69 Å². The van der Waals surface area contributed by atoms with Crippen molar-refractivity contribution in [1.82, 2.24) is 4.98 Å². The molecule has 0 amide bonds. The average molecular weight is 266 g/mol. The van der Waals surface area contributed by atoms with Crippen LogP contribution in [0, 0.1) is 0 Å². The number of benzene rings is 2. The Kier molecular flexibility index (Phi) is 3.56. The summed E-state index contributed by atoms with van der Waals surface area (Å²) in [6.45, 7) is 0.845. The zero-order valence-corrected chi connectivity index (χ0v) is 11.2. The normalized spacial score (nSPS) is 10.3. The first-order chi connectivity index (χ1) is 9.42. The van der Waals surface area contributed by atoms with Gasteiger partial charge in [0, 0.05) is 29.4 Å². The number of anilines is 1. The first kappa shape index (κ1) is 11.9. The van der Waals surface area contributed by atoms with E-state index in [4.69, 9.17) is 0 Å². The van der Waals surface area contributed by atoms with Crippen molar-refractivity contribution in [2.24, 2.45) is 0 Å². The molecule has 0 saturated heterocycles. The second-order valence-corrected chi connectivity index (χ2v) is 5.15. The van der Waals surface area contributed by atoms with Gasteiger partial charge in [0.15, 0.2) is 0 Å². The third-order valence-electron chi connectivity index (χ3n) is 2.90. The van der Waals surface area contributed by atoms with E-state index in [-0.39, 0.29) is 0 Å². The topological polar surface area (TPSA) is 24.9 Å².